The topological polar surface area (TPSA) is 71.6 Å². The summed E-state index contributed by atoms with van der Waals surface area (Å²) in [6.45, 7) is 11.5. The lowest BCUT2D eigenvalue weighted by Gasteiger charge is -2.47. The van der Waals surface area contributed by atoms with Gasteiger partial charge in [0.25, 0.3) is 0 Å². The first kappa shape index (κ1) is 21.2. The second-order valence-electron chi connectivity index (χ2n) is 8.89. The second-order valence-corrected chi connectivity index (χ2v) is 8.89. The SMILES string of the molecule is CCCN1C[C@@H](NC(=O)N(CC)CC)CC2c3cccc4[nH]c(C(C)O)c(c34)C[C@H]21. The van der Waals surface area contributed by atoms with Gasteiger partial charge < -0.3 is 20.3 Å². The number of carbonyl (C=O) groups is 1. The smallest absolute Gasteiger partial charge is 0.317 e. The first-order valence-corrected chi connectivity index (χ1v) is 11.6. The van der Waals surface area contributed by atoms with Crippen LogP contribution in [0, 0.1) is 0 Å². The lowest BCUT2D eigenvalue weighted by molar-refractivity contribution is 0.0971. The summed E-state index contributed by atoms with van der Waals surface area (Å²) in [4.78, 5) is 20.6. The van der Waals surface area contributed by atoms with E-state index in [0.717, 1.165) is 56.7 Å². The highest BCUT2D eigenvalue weighted by Gasteiger charge is 2.42. The second kappa shape index (κ2) is 8.60. The van der Waals surface area contributed by atoms with Gasteiger partial charge in [-0.05, 0) is 63.8 Å². The van der Waals surface area contributed by atoms with Crippen molar-refractivity contribution in [3.63, 3.8) is 0 Å². The van der Waals surface area contributed by atoms with Crippen LogP contribution in [-0.4, -0.2) is 64.2 Å². The maximum absolute atomic E-state index is 12.7. The molecule has 1 saturated heterocycles. The first-order chi connectivity index (χ1) is 14.5. The summed E-state index contributed by atoms with van der Waals surface area (Å²) in [5.74, 6) is 0.390. The zero-order valence-corrected chi connectivity index (χ0v) is 18.7. The number of fused-ring (bicyclic) bond motifs is 2. The lowest BCUT2D eigenvalue weighted by atomic mass is 9.73. The van der Waals surface area contributed by atoms with Crippen molar-refractivity contribution < 1.29 is 9.90 Å². The number of carbonyl (C=O) groups excluding carboxylic acids is 1. The fraction of sp³-hybridized carbons (Fsp3) is 0.625. The molecular formula is C24H36N4O2. The molecule has 2 aromatic rings. The number of hydrogen-bond acceptors (Lipinski definition) is 3. The standard InChI is InChI=1S/C24H36N4O2/c1-5-11-28-14-16(25-24(30)27(6-2)7-3)12-18-17-9-8-10-20-22(17)19(13-21(18)28)23(26-20)15(4)29/h8-10,15-16,18,21,26,29H,5-7,11-14H2,1-4H3,(H,25,30)/t15?,16-,18?,21+/m0/s1. The number of aliphatic hydroxyl groups excluding tert-OH is 1. The van der Waals surface area contributed by atoms with Crippen LogP contribution in [0.5, 0.6) is 0 Å². The van der Waals surface area contributed by atoms with Crippen LogP contribution in [-0.2, 0) is 6.42 Å². The Bertz CT molecular complexity index is 902. The average Bonchev–Trinajstić information content (AvgIpc) is 3.10. The lowest BCUT2D eigenvalue weighted by Crippen LogP contribution is -2.58. The molecule has 1 aromatic heterocycles. The number of aliphatic hydroxyl groups is 1. The molecule has 0 saturated carbocycles. The number of aromatic nitrogens is 1. The van der Waals surface area contributed by atoms with Gasteiger partial charge in [0.15, 0.2) is 0 Å². The summed E-state index contributed by atoms with van der Waals surface area (Å²) < 4.78 is 0. The van der Waals surface area contributed by atoms with Crippen molar-refractivity contribution in [3.05, 3.63) is 35.0 Å². The van der Waals surface area contributed by atoms with Crippen LogP contribution in [0.15, 0.2) is 18.2 Å². The Labute approximate surface area is 179 Å². The Morgan fingerprint density at radius 2 is 2.10 bits per heavy atom. The molecule has 6 heteroatoms. The number of H-pyrrole nitrogens is 1. The maximum atomic E-state index is 12.7. The summed E-state index contributed by atoms with van der Waals surface area (Å²) in [7, 11) is 0. The van der Waals surface area contributed by atoms with Crippen LogP contribution in [0.4, 0.5) is 4.79 Å². The predicted molar refractivity (Wildman–Crippen MR) is 121 cm³/mol. The van der Waals surface area contributed by atoms with Crippen molar-refractivity contribution in [3.8, 4) is 0 Å². The van der Waals surface area contributed by atoms with E-state index in [1.165, 1.54) is 16.5 Å². The molecule has 1 aliphatic carbocycles. The van der Waals surface area contributed by atoms with E-state index in [4.69, 9.17) is 0 Å². The molecule has 4 rings (SSSR count). The number of piperidine rings is 1. The van der Waals surface area contributed by atoms with Crippen molar-refractivity contribution in [2.75, 3.05) is 26.2 Å². The van der Waals surface area contributed by atoms with E-state index < -0.39 is 6.10 Å². The number of amides is 2. The molecule has 2 amide bonds. The van der Waals surface area contributed by atoms with Crippen LogP contribution in [0.3, 0.4) is 0 Å². The number of benzene rings is 1. The van der Waals surface area contributed by atoms with E-state index in [1.807, 2.05) is 25.7 Å². The van der Waals surface area contributed by atoms with E-state index in [0.29, 0.717) is 12.0 Å². The zero-order valence-electron chi connectivity index (χ0n) is 18.7. The molecule has 6 nitrogen and oxygen atoms in total. The first-order valence-electron chi connectivity index (χ1n) is 11.6. The van der Waals surface area contributed by atoms with Crippen molar-refractivity contribution in [1.82, 2.24) is 20.1 Å². The highest BCUT2D eigenvalue weighted by Crippen LogP contribution is 2.45. The van der Waals surface area contributed by atoms with Crippen LogP contribution in [0.2, 0.25) is 0 Å². The molecule has 1 aliphatic heterocycles. The Morgan fingerprint density at radius 1 is 1.33 bits per heavy atom. The van der Waals surface area contributed by atoms with Gasteiger partial charge in [-0.25, -0.2) is 4.79 Å². The van der Waals surface area contributed by atoms with Gasteiger partial charge in [0, 0.05) is 54.2 Å². The third kappa shape index (κ3) is 3.60. The molecule has 164 valence electrons. The predicted octanol–water partition coefficient (Wildman–Crippen LogP) is 3.77. The third-order valence-electron chi connectivity index (χ3n) is 7.04. The van der Waals surface area contributed by atoms with E-state index >= 15 is 0 Å². The quantitative estimate of drug-likeness (QED) is 0.676. The molecule has 4 atom stereocenters. The molecule has 0 radical (unpaired) electrons. The fourth-order valence-electron chi connectivity index (χ4n) is 5.70. The van der Waals surface area contributed by atoms with E-state index in [-0.39, 0.29) is 12.1 Å². The fourth-order valence-corrected chi connectivity index (χ4v) is 5.70. The number of likely N-dealkylation sites (tertiary alicyclic amines) is 1. The van der Waals surface area contributed by atoms with Gasteiger partial charge in [0.05, 0.1) is 6.10 Å². The number of nitrogens with zero attached hydrogens (tertiary/aromatic N) is 2. The van der Waals surface area contributed by atoms with Gasteiger partial charge in [-0.2, -0.15) is 0 Å². The summed E-state index contributed by atoms with van der Waals surface area (Å²) in [6.07, 6.45) is 2.51. The number of aromatic amines is 1. The van der Waals surface area contributed by atoms with Crippen molar-refractivity contribution in [2.45, 2.75) is 71.1 Å². The van der Waals surface area contributed by atoms with E-state index in [9.17, 15) is 9.90 Å². The number of urea groups is 1. The van der Waals surface area contributed by atoms with Gasteiger partial charge in [0.1, 0.15) is 0 Å². The maximum Gasteiger partial charge on any atom is 0.317 e. The molecule has 2 aliphatic rings. The number of rotatable bonds is 6. The van der Waals surface area contributed by atoms with Gasteiger partial charge in [-0.1, -0.05) is 19.1 Å². The van der Waals surface area contributed by atoms with Gasteiger partial charge >= 0.3 is 6.03 Å². The Balaban J connectivity index is 1.69. The normalized spacial score (nSPS) is 24.5. The molecule has 3 N–H and O–H groups in total. The van der Waals surface area contributed by atoms with Gasteiger partial charge in [0.2, 0.25) is 0 Å². The minimum Gasteiger partial charge on any atom is -0.387 e. The molecule has 0 bridgehead atoms. The summed E-state index contributed by atoms with van der Waals surface area (Å²) in [5.41, 5.74) is 4.73. The highest BCUT2D eigenvalue weighted by atomic mass is 16.3. The minimum absolute atomic E-state index is 0.0487. The summed E-state index contributed by atoms with van der Waals surface area (Å²) in [5, 5.41) is 15.0. The monoisotopic (exact) mass is 412 g/mol. The third-order valence-corrected chi connectivity index (χ3v) is 7.04. The molecule has 0 spiro atoms. The Kier molecular flexibility index (Phi) is 6.07. The molecule has 30 heavy (non-hydrogen) atoms. The van der Waals surface area contributed by atoms with Crippen molar-refractivity contribution >= 4 is 16.9 Å². The largest absolute Gasteiger partial charge is 0.387 e. The van der Waals surface area contributed by atoms with Crippen molar-refractivity contribution in [1.29, 1.82) is 0 Å². The molecule has 1 aromatic carbocycles. The van der Waals surface area contributed by atoms with E-state index in [1.54, 1.807) is 0 Å². The zero-order chi connectivity index (χ0) is 21.4. The van der Waals surface area contributed by atoms with Gasteiger partial charge in [-0.15, -0.1) is 0 Å². The minimum atomic E-state index is -0.499. The summed E-state index contributed by atoms with van der Waals surface area (Å²) >= 11 is 0. The molecule has 2 unspecified atom stereocenters. The van der Waals surface area contributed by atoms with Crippen molar-refractivity contribution in [2.24, 2.45) is 0 Å². The molecule has 1 fully saturated rings. The number of nitrogens with one attached hydrogen (secondary N) is 2. The van der Waals surface area contributed by atoms with Crippen LogP contribution >= 0.6 is 0 Å². The Morgan fingerprint density at radius 3 is 2.77 bits per heavy atom. The average molecular weight is 413 g/mol. The summed E-state index contributed by atoms with van der Waals surface area (Å²) in [6, 6.07) is 7.10. The van der Waals surface area contributed by atoms with Gasteiger partial charge in [-0.3, -0.25) is 4.90 Å². The highest BCUT2D eigenvalue weighted by molar-refractivity contribution is 5.90. The number of hydrogen-bond donors (Lipinski definition) is 3. The van der Waals surface area contributed by atoms with Crippen LogP contribution < -0.4 is 5.32 Å². The Hall–Kier alpha value is -2.05. The van der Waals surface area contributed by atoms with E-state index in [2.05, 4.69) is 40.3 Å². The molecular weight excluding hydrogens is 376 g/mol. The van der Waals surface area contributed by atoms with Crippen LogP contribution in [0.25, 0.3) is 10.9 Å². The molecule has 2 heterocycles. The van der Waals surface area contributed by atoms with Crippen LogP contribution in [0.1, 0.15) is 69.4 Å².